The molecule has 1 N–H and O–H groups in total. The molecule has 1 aliphatic carbocycles. The topological polar surface area (TPSA) is 25.2 Å². The molecule has 20 heavy (non-hydrogen) atoms. The van der Waals surface area contributed by atoms with Crippen LogP contribution in [-0.2, 0) is 12.2 Å². The van der Waals surface area contributed by atoms with Crippen molar-refractivity contribution < 1.29 is 4.42 Å². The zero-order valence-electron chi connectivity index (χ0n) is 11.8. The first kappa shape index (κ1) is 13.8. The van der Waals surface area contributed by atoms with Gasteiger partial charge < -0.3 is 9.73 Å². The van der Waals surface area contributed by atoms with E-state index in [0.29, 0.717) is 11.3 Å². The Labute approximate surface area is 125 Å². The summed E-state index contributed by atoms with van der Waals surface area (Å²) < 4.78 is 5.45. The van der Waals surface area contributed by atoms with Gasteiger partial charge in [0, 0.05) is 11.3 Å². The third-order valence-electron chi connectivity index (χ3n) is 3.82. The molecule has 2 aromatic rings. The lowest BCUT2D eigenvalue weighted by Crippen LogP contribution is -2.27. The summed E-state index contributed by atoms with van der Waals surface area (Å²) in [5, 5.41) is 4.32. The van der Waals surface area contributed by atoms with Gasteiger partial charge in [0.1, 0.15) is 5.76 Å². The average molecular weight is 287 g/mol. The first-order chi connectivity index (χ1) is 9.88. The largest absolute Gasteiger partial charge is 0.468 e. The maximum absolute atomic E-state index is 5.45. The van der Waals surface area contributed by atoms with E-state index >= 15 is 0 Å². The molecule has 0 spiro atoms. The second kappa shape index (κ2) is 6.51. The van der Waals surface area contributed by atoms with Crippen LogP contribution in [0.2, 0.25) is 0 Å². The molecule has 2 nitrogen and oxygen atoms in total. The fraction of sp³-hybridized carbons (Fsp3) is 0.412. The number of nitrogens with one attached hydrogen (secondary N) is 1. The van der Waals surface area contributed by atoms with Gasteiger partial charge in [-0.2, -0.15) is 0 Å². The van der Waals surface area contributed by atoms with Crippen LogP contribution < -0.4 is 5.32 Å². The van der Waals surface area contributed by atoms with Gasteiger partial charge in [0.15, 0.2) is 0 Å². The first-order valence-corrected chi connectivity index (χ1v) is 8.38. The molecule has 1 aromatic heterocycles. The summed E-state index contributed by atoms with van der Waals surface area (Å²) in [4.78, 5) is 0. The van der Waals surface area contributed by atoms with E-state index in [4.69, 9.17) is 4.42 Å². The second-order valence-corrected chi connectivity index (χ2v) is 6.49. The van der Waals surface area contributed by atoms with Crippen molar-refractivity contribution in [1.29, 1.82) is 0 Å². The minimum Gasteiger partial charge on any atom is -0.468 e. The molecule has 1 aromatic carbocycles. The molecular formula is C17H21NOS. The van der Waals surface area contributed by atoms with Gasteiger partial charge in [-0.05, 0) is 42.6 Å². The van der Waals surface area contributed by atoms with E-state index in [0.717, 1.165) is 24.5 Å². The number of hydrogen-bond acceptors (Lipinski definition) is 3. The summed E-state index contributed by atoms with van der Waals surface area (Å²) in [6.07, 6.45) is 4.09. The van der Waals surface area contributed by atoms with Crippen molar-refractivity contribution in [3.63, 3.8) is 0 Å². The van der Waals surface area contributed by atoms with Gasteiger partial charge in [-0.3, -0.25) is 0 Å². The number of furan rings is 1. The molecular weight excluding hydrogens is 266 g/mol. The quantitative estimate of drug-likeness (QED) is 0.863. The third kappa shape index (κ3) is 2.94. The fourth-order valence-corrected chi connectivity index (χ4v) is 4.11. The van der Waals surface area contributed by atoms with Crippen LogP contribution in [-0.4, -0.2) is 11.8 Å². The number of rotatable bonds is 6. The molecule has 106 valence electrons. The van der Waals surface area contributed by atoms with Gasteiger partial charge in [0.25, 0.3) is 0 Å². The van der Waals surface area contributed by atoms with E-state index in [1.165, 1.54) is 17.5 Å². The lowest BCUT2D eigenvalue weighted by Gasteiger charge is -2.21. The molecule has 2 unspecified atom stereocenters. The SMILES string of the molecule is CCCNC1c2ccccc2CC1SCc1ccco1. The highest BCUT2D eigenvalue weighted by Crippen LogP contribution is 2.39. The molecule has 0 saturated heterocycles. The fourth-order valence-electron chi connectivity index (χ4n) is 2.84. The summed E-state index contributed by atoms with van der Waals surface area (Å²) in [5.41, 5.74) is 2.98. The maximum Gasteiger partial charge on any atom is 0.113 e. The van der Waals surface area contributed by atoms with Crippen LogP contribution in [0.15, 0.2) is 47.1 Å². The van der Waals surface area contributed by atoms with Gasteiger partial charge in [-0.25, -0.2) is 0 Å². The first-order valence-electron chi connectivity index (χ1n) is 7.33. The van der Waals surface area contributed by atoms with Gasteiger partial charge in [0.2, 0.25) is 0 Å². The molecule has 2 atom stereocenters. The number of fused-ring (bicyclic) bond motifs is 1. The highest BCUT2D eigenvalue weighted by molar-refractivity contribution is 7.99. The summed E-state index contributed by atoms with van der Waals surface area (Å²) in [5.74, 6) is 2.02. The minimum absolute atomic E-state index is 0.478. The predicted octanol–water partition coefficient (Wildman–Crippen LogP) is 4.18. The van der Waals surface area contributed by atoms with E-state index in [2.05, 4.69) is 42.6 Å². The minimum atomic E-state index is 0.478. The van der Waals surface area contributed by atoms with Crippen LogP contribution in [0.3, 0.4) is 0 Å². The van der Waals surface area contributed by atoms with Gasteiger partial charge in [-0.1, -0.05) is 31.2 Å². The molecule has 0 radical (unpaired) electrons. The molecule has 0 aliphatic heterocycles. The molecule has 1 heterocycles. The third-order valence-corrected chi connectivity index (χ3v) is 5.14. The Balaban J connectivity index is 1.70. The lowest BCUT2D eigenvalue weighted by atomic mass is 10.1. The Kier molecular flexibility index (Phi) is 4.48. The Hall–Kier alpha value is -1.19. The van der Waals surface area contributed by atoms with Gasteiger partial charge >= 0.3 is 0 Å². The van der Waals surface area contributed by atoms with Gasteiger partial charge in [-0.15, -0.1) is 11.8 Å². The molecule has 0 amide bonds. The summed E-state index contributed by atoms with van der Waals surface area (Å²) >= 11 is 2.00. The predicted molar refractivity (Wildman–Crippen MR) is 85.0 cm³/mol. The van der Waals surface area contributed by atoms with E-state index < -0.39 is 0 Å². The summed E-state index contributed by atoms with van der Waals surface area (Å²) in [6, 6.07) is 13.3. The summed E-state index contributed by atoms with van der Waals surface area (Å²) in [6.45, 7) is 3.30. The molecule has 0 fully saturated rings. The highest BCUT2D eigenvalue weighted by Gasteiger charge is 2.31. The van der Waals surface area contributed by atoms with Crippen molar-refractivity contribution in [2.45, 2.75) is 36.8 Å². The number of benzene rings is 1. The molecule has 3 heteroatoms. The maximum atomic E-state index is 5.45. The zero-order valence-corrected chi connectivity index (χ0v) is 12.7. The van der Waals surface area contributed by atoms with Crippen LogP contribution >= 0.6 is 11.8 Å². The van der Waals surface area contributed by atoms with Crippen molar-refractivity contribution in [2.75, 3.05) is 6.54 Å². The lowest BCUT2D eigenvalue weighted by molar-refractivity contribution is 0.525. The van der Waals surface area contributed by atoms with E-state index in [-0.39, 0.29) is 0 Å². The molecule has 1 aliphatic rings. The van der Waals surface area contributed by atoms with Gasteiger partial charge in [0.05, 0.1) is 12.0 Å². The Morgan fingerprint density at radius 1 is 1.25 bits per heavy atom. The standard InChI is InChI=1S/C17H21NOS/c1-2-9-18-17-15-8-4-3-6-13(15)11-16(17)20-12-14-7-5-10-19-14/h3-8,10,16-18H,2,9,11-12H2,1H3. The zero-order chi connectivity index (χ0) is 13.8. The van der Waals surface area contributed by atoms with Crippen LogP contribution in [0.25, 0.3) is 0 Å². The monoisotopic (exact) mass is 287 g/mol. The van der Waals surface area contributed by atoms with Crippen LogP contribution in [0.4, 0.5) is 0 Å². The van der Waals surface area contributed by atoms with Crippen molar-refractivity contribution in [3.8, 4) is 0 Å². The van der Waals surface area contributed by atoms with Crippen molar-refractivity contribution in [3.05, 3.63) is 59.5 Å². The van der Waals surface area contributed by atoms with E-state index in [1.807, 2.05) is 17.8 Å². The summed E-state index contributed by atoms with van der Waals surface area (Å²) in [7, 11) is 0. The van der Waals surface area contributed by atoms with Crippen LogP contribution in [0, 0.1) is 0 Å². The molecule has 3 rings (SSSR count). The average Bonchev–Trinajstić information content (AvgIpc) is 3.10. The van der Waals surface area contributed by atoms with E-state index in [1.54, 1.807) is 6.26 Å². The van der Waals surface area contributed by atoms with Crippen LogP contribution in [0.1, 0.15) is 36.3 Å². The van der Waals surface area contributed by atoms with E-state index in [9.17, 15) is 0 Å². The smallest absolute Gasteiger partial charge is 0.113 e. The molecule has 0 saturated carbocycles. The Bertz CT molecular complexity index is 538. The Morgan fingerprint density at radius 3 is 2.95 bits per heavy atom. The normalized spacial score (nSPS) is 21.1. The molecule has 0 bridgehead atoms. The van der Waals surface area contributed by atoms with Crippen LogP contribution in [0.5, 0.6) is 0 Å². The number of thioether (sulfide) groups is 1. The highest BCUT2D eigenvalue weighted by atomic mass is 32.2. The Morgan fingerprint density at radius 2 is 2.15 bits per heavy atom. The second-order valence-electron chi connectivity index (χ2n) is 5.26. The van der Waals surface area contributed by atoms with Crippen molar-refractivity contribution in [1.82, 2.24) is 5.32 Å². The van der Waals surface area contributed by atoms with Crippen molar-refractivity contribution >= 4 is 11.8 Å². The number of hydrogen-bond donors (Lipinski definition) is 1. The van der Waals surface area contributed by atoms with Crippen molar-refractivity contribution in [2.24, 2.45) is 0 Å².